The molecule has 1 aromatic heterocycles. The Morgan fingerprint density at radius 3 is 2.41 bits per heavy atom. The molecule has 0 aliphatic rings. The highest BCUT2D eigenvalue weighted by Crippen LogP contribution is 2.12. The van der Waals surface area contributed by atoms with Crippen LogP contribution in [0.4, 0.5) is 11.9 Å². The zero-order valence-corrected chi connectivity index (χ0v) is 11.0. The van der Waals surface area contributed by atoms with E-state index in [1.165, 1.54) is 0 Å². The molecule has 1 rings (SSSR count). The van der Waals surface area contributed by atoms with Crippen molar-refractivity contribution in [2.75, 3.05) is 23.8 Å². The maximum absolute atomic E-state index is 9.22. The van der Waals surface area contributed by atoms with Crippen molar-refractivity contribution in [3.8, 4) is 0 Å². The van der Waals surface area contributed by atoms with E-state index < -0.39 is 0 Å². The van der Waals surface area contributed by atoms with Crippen molar-refractivity contribution in [3.05, 3.63) is 5.28 Å². The van der Waals surface area contributed by atoms with Crippen molar-refractivity contribution in [1.29, 1.82) is 0 Å². The molecule has 0 aliphatic carbocycles. The van der Waals surface area contributed by atoms with Gasteiger partial charge in [-0.1, -0.05) is 13.8 Å². The first-order chi connectivity index (χ1) is 8.06. The number of hydrogen-bond acceptors (Lipinski definition) is 6. The van der Waals surface area contributed by atoms with Gasteiger partial charge in [0.15, 0.2) is 0 Å². The summed E-state index contributed by atoms with van der Waals surface area (Å²) in [6.07, 6.45) is 0. The molecule has 0 fully saturated rings. The van der Waals surface area contributed by atoms with Crippen molar-refractivity contribution in [1.82, 2.24) is 15.0 Å². The zero-order valence-electron chi connectivity index (χ0n) is 10.2. The maximum atomic E-state index is 9.22. The topological polar surface area (TPSA) is 83.0 Å². The summed E-state index contributed by atoms with van der Waals surface area (Å²) in [7, 11) is 0. The fraction of sp³-hybridized carbons (Fsp3) is 0.700. The Morgan fingerprint density at radius 1 is 1.24 bits per heavy atom. The van der Waals surface area contributed by atoms with E-state index >= 15 is 0 Å². The first kappa shape index (κ1) is 13.9. The van der Waals surface area contributed by atoms with E-state index in [0.29, 0.717) is 18.4 Å². The van der Waals surface area contributed by atoms with Gasteiger partial charge in [-0.15, -0.1) is 0 Å². The van der Waals surface area contributed by atoms with Gasteiger partial charge in [0.05, 0.1) is 12.6 Å². The normalized spacial score (nSPS) is 12.6. The lowest BCUT2D eigenvalue weighted by molar-refractivity contribution is 0.248. The fourth-order valence-corrected chi connectivity index (χ4v) is 1.40. The molecule has 0 amide bonds. The van der Waals surface area contributed by atoms with E-state index in [2.05, 4.69) is 25.6 Å². The lowest BCUT2D eigenvalue weighted by Gasteiger charge is -2.19. The van der Waals surface area contributed by atoms with Gasteiger partial charge in [0.25, 0.3) is 0 Å². The van der Waals surface area contributed by atoms with Gasteiger partial charge in [-0.25, -0.2) is 0 Å². The van der Waals surface area contributed by atoms with Crippen LogP contribution in [-0.4, -0.2) is 39.3 Å². The Bertz CT molecular complexity index is 361. The standard InChI is InChI=1S/C10H18ClN5O/c1-4-12-9-14-8(11)15-10(16-9)13-7(5-17)6(2)3/h6-7,17H,4-5H2,1-3H3,(H2,12,13,14,15,16)/t7-/m1/s1. The summed E-state index contributed by atoms with van der Waals surface area (Å²) in [6, 6.07) is -0.108. The summed E-state index contributed by atoms with van der Waals surface area (Å²) in [5, 5.41) is 15.3. The summed E-state index contributed by atoms with van der Waals surface area (Å²) in [6.45, 7) is 6.66. The van der Waals surface area contributed by atoms with Crippen LogP contribution >= 0.6 is 11.6 Å². The first-order valence-electron chi connectivity index (χ1n) is 5.59. The van der Waals surface area contributed by atoms with Gasteiger partial charge in [-0.2, -0.15) is 15.0 Å². The lowest BCUT2D eigenvalue weighted by atomic mass is 10.1. The molecule has 0 saturated heterocycles. The number of nitrogens with zero attached hydrogens (tertiary/aromatic N) is 3. The van der Waals surface area contributed by atoms with E-state index in [1.54, 1.807) is 0 Å². The lowest BCUT2D eigenvalue weighted by Crippen LogP contribution is -2.30. The summed E-state index contributed by atoms with van der Waals surface area (Å²) >= 11 is 5.79. The van der Waals surface area contributed by atoms with E-state index in [-0.39, 0.29) is 23.9 Å². The van der Waals surface area contributed by atoms with Crippen molar-refractivity contribution < 1.29 is 5.11 Å². The molecule has 1 heterocycles. The second-order valence-electron chi connectivity index (χ2n) is 3.96. The van der Waals surface area contributed by atoms with Crippen molar-refractivity contribution in [3.63, 3.8) is 0 Å². The maximum Gasteiger partial charge on any atom is 0.229 e. The number of aliphatic hydroxyl groups excluding tert-OH is 1. The van der Waals surface area contributed by atoms with Crippen LogP contribution < -0.4 is 10.6 Å². The molecule has 1 atom stereocenters. The SMILES string of the molecule is CCNc1nc(Cl)nc(N[C@H](CO)C(C)C)n1. The van der Waals surface area contributed by atoms with Crippen LogP contribution in [0.5, 0.6) is 0 Å². The van der Waals surface area contributed by atoms with Gasteiger partial charge in [-0.05, 0) is 24.4 Å². The number of nitrogens with one attached hydrogen (secondary N) is 2. The average Bonchev–Trinajstić information content (AvgIpc) is 2.25. The summed E-state index contributed by atoms with van der Waals surface area (Å²) in [5.41, 5.74) is 0. The van der Waals surface area contributed by atoms with Gasteiger partial charge in [0.2, 0.25) is 17.2 Å². The van der Waals surface area contributed by atoms with Crippen LogP contribution in [0.2, 0.25) is 5.28 Å². The molecule has 7 heteroatoms. The van der Waals surface area contributed by atoms with Crippen LogP contribution in [0.25, 0.3) is 0 Å². The average molecular weight is 260 g/mol. The summed E-state index contributed by atoms with van der Waals surface area (Å²) < 4.78 is 0. The largest absolute Gasteiger partial charge is 0.394 e. The highest BCUT2D eigenvalue weighted by molar-refractivity contribution is 6.28. The predicted molar refractivity (Wildman–Crippen MR) is 68.3 cm³/mol. The van der Waals surface area contributed by atoms with E-state index in [4.69, 9.17) is 11.6 Å². The molecule has 0 spiro atoms. The van der Waals surface area contributed by atoms with Crippen molar-refractivity contribution in [2.45, 2.75) is 26.8 Å². The second kappa shape index (κ2) is 6.56. The van der Waals surface area contributed by atoms with Crippen LogP contribution in [0.3, 0.4) is 0 Å². The van der Waals surface area contributed by atoms with Crippen molar-refractivity contribution >= 4 is 23.5 Å². The summed E-state index contributed by atoms with van der Waals surface area (Å²) in [5.74, 6) is 1.06. The molecule has 0 saturated carbocycles. The van der Waals surface area contributed by atoms with Gasteiger partial charge in [-0.3, -0.25) is 0 Å². The number of aliphatic hydroxyl groups is 1. The minimum atomic E-state index is -0.108. The van der Waals surface area contributed by atoms with Gasteiger partial charge >= 0.3 is 0 Å². The third kappa shape index (κ3) is 4.32. The number of aromatic nitrogens is 3. The molecule has 0 bridgehead atoms. The van der Waals surface area contributed by atoms with Crippen molar-refractivity contribution in [2.24, 2.45) is 5.92 Å². The molecule has 96 valence electrons. The Labute approximate surface area is 106 Å². The fourth-order valence-electron chi connectivity index (χ4n) is 1.24. The molecule has 0 aliphatic heterocycles. The van der Waals surface area contributed by atoms with Crippen LogP contribution in [0.1, 0.15) is 20.8 Å². The third-order valence-corrected chi connectivity index (χ3v) is 2.43. The smallest absolute Gasteiger partial charge is 0.229 e. The van der Waals surface area contributed by atoms with Crippen LogP contribution in [0.15, 0.2) is 0 Å². The Balaban J connectivity index is 2.82. The highest BCUT2D eigenvalue weighted by atomic mass is 35.5. The minimum absolute atomic E-state index is 0.0114. The number of rotatable bonds is 6. The first-order valence-corrected chi connectivity index (χ1v) is 5.97. The Morgan fingerprint density at radius 2 is 1.88 bits per heavy atom. The number of hydrogen-bond donors (Lipinski definition) is 3. The molecular weight excluding hydrogens is 242 g/mol. The van der Waals surface area contributed by atoms with Crippen LogP contribution in [0, 0.1) is 5.92 Å². The molecule has 1 aromatic rings. The summed E-state index contributed by atoms with van der Waals surface area (Å²) in [4.78, 5) is 12.1. The number of halogens is 1. The van der Waals surface area contributed by atoms with E-state index in [1.807, 2.05) is 20.8 Å². The molecule has 17 heavy (non-hydrogen) atoms. The molecule has 0 aromatic carbocycles. The van der Waals surface area contributed by atoms with Gasteiger partial charge in [0.1, 0.15) is 0 Å². The minimum Gasteiger partial charge on any atom is -0.394 e. The Hall–Kier alpha value is -1.14. The highest BCUT2D eigenvalue weighted by Gasteiger charge is 2.14. The van der Waals surface area contributed by atoms with E-state index in [9.17, 15) is 5.11 Å². The van der Waals surface area contributed by atoms with Gasteiger partial charge in [0, 0.05) is 6.54 Å². The quantitative estimate of drug-likeness (QED) is 0.716. The molecule has 6 nitrogen and oxygen atoms in total. The van der Waals surface area contributed by atoms with Gasteiger partial charge < -0.3 is 15.7 Å². The molecular formula is C10H18ClN5O. The van der Waals surface area contributed by atoms with E-state index in [0.717, 1.165) is 0 Å². The Kier molecular flexibility index (Phi) is 5.37. The monoisotopic (exact) mass is 259 g/mol. The molecule has 3 N–H and O–H groups in total. The molecule has 0 radical (unpaired) electrons. The second-order valence-corrected chi connectivity index (χ2v) is 4.30. The predicted octanol–water partition coefficient (Wildman–Crippen LogP) is 1.39. The molecule has 0 unspecified atom stereocenters. The zero-order chi connectivity index (χ0) is 12.8. The van der Waals surface area contributed by atoms with Crippen LogP contribution in [-0.2, 0) is 0 Å². The number of anilines is 2. The third-order valence-electron chi connectivity index (χ3n) is 2.26.